The lowest BCUT2D eigenvalue weighted by Crippen LogP contribution is -2.39. The Bertz CT molecular complexity index is 1430. The zero-order chi connectivity index (χ0) is 25.7. The molecule has 190 valence electrons. The molecule has 0 radical (unpaired) electrons. The van der Waals surface area contributed by atoms with Gasteiger partial charge in [-0.25, -0.2) is 4.90 Å². The zero-order valence-corrected chi connectivity index (χ0v) is 22.2. The number of aromatic nitrogens is 1. The summed E-state index contributed by atoms with van der Waals surface area (Å²) in [6, 6.07) is 16.1. The molecule has 2 aromatic carbocycles. The van der Waals surface area contributed by atoms with Gasteiger partial charge in [-0.1, -0.05) is 65.0 Å². The quantitative estimate of drug-likeness (QED) is 0.448. The minimum Gasteiger partial charge on any atom is -0.341 e. The van der Waals surface area contributed by atoms with Crippen LogP contribution in [0.25, 0.3) is 0 Å². The summed E-state index contributed by atoms with van der Waals surface area (Å²) in [7, 11) is 0. The van der Waals surface area contributed by atoms with Gasteiger partial charge < -0.3 is 4.90 Å². The molecule has 3 amide bonds. The van der Waals surface area contributed by atoms with Crippen LogP contribution in [-0.4, -0.2) is 45.5 Å². The monoisotopic (exact) mass is 553 g/mol. The molecule has 4 heterocycles. The summed E-state index contributed by atoms with van der Waals surface area (Å²) < 4.78 is 1.50. The molecule has 3 atom stereocenters. The molecule has 0 bridgehead atoms. The van der Waals surface area contributed by atoms with Crippen molar-refractivity contribution in [2.45, 2.75) is 42.0 Å². The predicted octanol–water partition coefficient (Wildman–Crippen LogP) is 4.37. The van der Waals surface area contributed by atoms with Crippen molar-refractivity contribution in [1.82, 2.24) is 9.47 Å². The molecule has 37 heavy (non-hydrogen) atoms. The first-order valence-electron chi connectivity index (χ1n) is 12.3. The van der Waals surface area contributed by atoms with Crippen LogP contribution in [0, 0.1) is 5.92 Å². The molecule has 3 aliphatic rings. The van der Waals surface area contributed by atoms with Crippen LogP contribution in [0.1, 0.15) is 35.6 Å². The first kappa shape index (κ1) is 24.5. The van der Waals surface area contributed by atoms with E-state index in [4.69, 9.17) is 11.6 Å². The Kier molecular flexibility index (Phi) is 6.46. The van der Waals surface area contributed by atoms with Crippen LogP contribution in [-0.2, 0) is 20.9 Å². The fourth-order valence-corrected chi connectivity index (χ4v) is 8.39. The number of carbonyl (C=O) groups is 3. The van der Waals surface area contributed by atoms with Crippen molar-refractivity contribution in [3.8, 4) is 0 Å². The molecule has 0 spiro atoms. The Morgan fingerprint density at radius 1 is 0.919 bits per heavy atom. The number of amides is 3. The van der Waals surface area contributed by atoms with E-state index in [1.807, 2.05) is 23.1 Å². The zero-order valence-electron chi connectivity index (χ0n) is 19.8. The summed E-state index contributed by atoms with van der Waals surface area (Å²) in [4.78, 5) is 57.4. The van der Waals surface area contributed by atoms with Crippen molar-refractivity contribution < 1.29 is 14.4 Å². The third kappa shape index (κ3) is 4.23. The lowest BCUT2D eigenvalue weighted by Gasteiger charge is -2.31. The van der Waals surface area contributed by atoms with E-state index in [1.165, 1.54) is 21.2 Å². The predicted molar refractivity (Wildman–Crippen MR) is 144 cm³/mol. The number of carbonyl (C=O) groups excluding carboxylic acids is 3. The van der Waals surface area contributed by atoms with Crippen molar-refractivity contribution in [2.24, 2.45) is 5.92 Å². The molecule has 0 aliphatic carbocycles. The summed E-state index contributed by atoms with van der Waals surface area (Å²) in [5.41, 5.74) is 1.34. The number of benzene rings is 2. The van der Waals surface area contributed by atoms with Crippen LogP contribution >= 0.6 is 34.7 Å². The number of hydrogen-bond acceptors (Lipinski definition) is 6. The van der Waals surface area contributed by atoms with Crippen molar-refractivity contribution in [3.05, 3.63) is 79.7 Å². The lowest BCUT2D eigenvalue weighted by molar-refractivity contribution is -0.133. The average Bonchev–Trinajstić information content (AvgIpc) is 3.36. The number of nitrogens with zero attached hydrogens (tertiary/aromatic N) is 3. The molecule has 10 heteroatoms. The normalized spacial score (nSPS) is 23.2. The smallest absolute Gasteiger partial charge is 0.308 e. The molecular weight excluding hydrogens is 530 g/mol. The van der Waals surface area contributed by atoms with Gasteiger partial charge in [-0.3, -0.25) is 23.7 Å². The molecule has 3 unspecified atom stereocenters. The van der Waals surface area contributed by atoms with Gasteiger partial charge >= 0.3 is 4.87 Å². The summed E-state index contributed by atoms with van der Waals surface area (Å²) in [6.07, 6.45) is 3.03. The first-order valence-corrected chi connectivity index (χ1v) is 14.4. The SMILES string of the molecule is O=C(Cn1c2c(sc1=O)C(c1ccc(Cl)cc1)C1C(=O)N(c3ccccc3)C(=O)C1S2)N1CCCCC1. The highest BCUT2D eigenvalue weighted by Crippen LogP contribution is 2.53. The fraction of sp³-hybridized carbons (Fsp3) is 0.333. The Hall–Kier alpha value is -2.88. The second-order valence-electron chi connectivity index (χ2n) is 9.51. The topological polar surface area (TPSA) is 79.7 Å². The summed E-state index contributed by atoms with van der Waals surface area (Å²) in [6.45, 7) is 1.33. The molecule has 0 saturated carbocycles. The number of para-hydroxylation sites is 1. The van der Waals surface area contributed by atoms with Gasteiger partial charge in [0.15, 0.2) is 0 Å². The van der Waals surface area contributed by atoms with E-state index in [-0.39, 0.29) is 29.1 Å². The number of rotatable bonds is 4. The van der Waals surface area contributed by atoms with Crippen molar-refractivity contribution in [1.29, 1.82) is 0 Å². The molecule has 3 aliphatic heterocycles. The number of thioether (sulfide) groups is 1. The van der Waals surface area contributed by atoms with Gasteiger partial charge in [0.25, 0.3) is 0 Å². The summed E-state index contributed by atoms with van der Waals surface area (Å²) >= 11 is 8.45. The summed E-state index contributed by atoms with van der Waals surface area (Å²) in [5, 5.41) is 0.465. The van der Waals surface area contributed by atoms with E-state index in [1.54, 1.807) is 36.4 Å². The number of imide groups is 1. The van der Waals surface area contributed by atoms with Crippen molar-refractivity contribution >= 4 is 58.1 Å². The highest BCUT2D eigenvalue weighted by Gasteiger charge is 2.56. The number of piperidine rings is 1. The van der Waals surface area contributed by atoms with Gasteiger partial charge in [0.1, 0.15) is 11.8 Å². The maximum absolute atomic E-state index is 13.8. The third-order valence-electron chi connectivity index (χ3n) is 7.29. The summed E-state index contributed by atoms with van der Waals surface area (Å²) in [5.74, 6) is -1.84. The standard InChI is InChI=1S/C27H24ClN3O4S2/c28-17-11-9-16(10-12-17)20-21-22(25(34)31(24(21)33)18-7-3-1-4-8-18)36-26-23(20)37-27(35)30(26)15-19(32)29-13-5-2-6-14-29/h1,3-4,7-12,20-22H,2,5-6,13-15H2. The van der Waals surface area contributed by atoms with E-state index in [9.17, 15) is 19.2 Å². The number of fused-ring (bicyclic) bond motifs is 2. The molecule has 7 nitrogen and oxygen atoms in total. The average molecular weight is 554 g/mol. The van der Waals surface area contributed by atoms with Gasteiger partial charge in [0, 0.05) is 28.9 Å². The largest absolute Gasteiger partial charge is 0.341 e. The van der Waals surface area contributed by atoms with Crippen LogP contribution in [0.5, 0.6) is 0 Å². The molecule has 3 aromatic rings. The highest BCUT2D eigenvalue weighted by atomic mass is 35.5. The van der Waals surface area contributed by atoms with E-state index in [0.717, 1.165) is 41.0 Å². The van der Waals surface area contributed by atoms with Crippen LogP contribution < -0.4 is 9.77 Å². The lowest BCUT2D eigenvalue weighted by atomic mass is 9.83. The Balaban J connectivity index is 1.44. The number of hydrogen-bond donors (Lipinski definition) is 0. The number of likely N-dealkylation sites (tertiary alicyclic amines) is 1. The first-order chi connectivity index (χ1) is 17.9. The van der Waals surface area contributed by atoms with Gasteiger partial charge in [-0.15, -0.1) is 0 Å². The van der Waals surface area contributed by atoms with Gasteiger partial charge in [-0.2, -0.15) is 0 Å². The van der Waals surface area contributed by atoms with Crippen molar-refractivity contribution in [3.63, 3.8) is 0 Å². The van der Waals surface area contributed by atoms with E-state index >= 15 is 0 Å². The second kappa shape index (κ2) is 9.78. The molecule has 0 N–H and O–H groups in total. The van der Waals surface area contributed by atoms with Crippen LogP contribution in [0.4, 0.5) is 5.69 Å². The minimum absolute atomic E-state index is 0.0626. The van der Waals surface area contributed by atoms with E-state index in [2.05, 4.69) is 0 Å². The number of anilines is 1. The molecule has 6 rings (SSSR count). The number of thiazole rings is 1. The highest BCUT2D eigenvalue weighted by molar-refractivity contribution is 8.00. The van der Waals surface area contributed by atoms with Crippen LogP contribution in [0.3, 0.4) is 0 Å². The van der Waals surface area contributed by atoms with Crippen molar-refractivity contribution in [2.75, 3.05) is 18.0 Å². The number of halogens is 1. The third-order valence-corrected chi connectivity index (χ3v) is 10.2. The van der Waals surface area contributed by atoms with E-state index in [0.29, 0.717) is 28.8 Å². The molecular formula is C27H24ClN3O4S2. The van der Waals surface area contributed by atoms with Crippen LogP contribution in [0.2, 0.25) is 5.02 Å². The fourth-order valence-electron chi connectivity index (χ4n) is 5.49. The maximum atomic E-state index is 13.8. The van der Waals surface area contributed by atoms with Gasteiger partial charge in [-0.05, 0) is 49.1 Å². The van der Waals surface area contributed by atoms with Gasteiger partial charge in [0.05, 0.1) is 16.6 Å². The molecule has 2 fully saturated rings. The van der Waals surface area contributed by atoms with Gasteiger partial charge in [0.2, 0.25) is 17.7 Å². The maximum Gasteiger partial charge on any atom is 0.308 e. The second-order valence-corrected chi connectivity index (χ2v) is 12.1. The van der Waals surface area contributed by atoms with E-state index < -0.39 is 17.1 Å². The Labute approximate surface area is 227 Å². The van der Waals surface area contributed by atoms with Crippen LogP contribution in [0.15, 0.2) is 64.4 Å². The molecule has 2 saturated heterocycles. The molecule has 1 aromatic heterocycles. The Morgan fingerprint density at radius 3 is 2.32 bits per heavy atom. The minimum atomic E-state index is -0.703. The Morgan fingerprint density at radius 2 is 1.62 bits per heavy atom.